The minimum atomic E-state index is -4.70. The first-order valence-corrected chi connectivity index (χ1v) is 13.7. The summed E-state index contributed by atoms with van der Waals surface area (Å²) in [5.41, 5.74) is 1.86. The van der Waals surface area contributed by atoms with Crippen molar-refractivity contribution < 1.29 is 31.1 Å². The number of alkyl halides is 5. The number of H-pyrrole nitrogens is 1. The molecule has 0 aliphatic rings. The monoisotopic (exact) mass is 600 g/mol. The van der Waals surface area contributed by atoms with Gasteiger partial charge in [-0.2, -0.15) is 22.0 Å². The molecule has 0 aliphatic heterocycles. The lowest BCUT2D eigenvalue weighted by molar-refractivity contribution is -0.141. The smallest absolute Gasteiger partial charge is 0.435 e. The second-order valence-corrected chi connectivity index (χ2v) is 10.1. The number of hydrogen-bond acceptors (Lipinski definition) is 5. The van der Waals surface area contributed by atoms with Gasteiger partial charge < -0.3 is 13.7 Å². The van der Waals surface area contributed by atoms with Gasteiger partial charge in [-0.05, 0) is 41.8 Å². The molecule has 0 amide bonds. The van der Waals surface area contributed by atoms with E-state index >= 15 is 0 Å². The Labute approximate surface area is 243 Å². The summed E-state index contributed by atoms with van der Waals surface area (Å²) >= 11 is 0. The first-order valence-electron chi connectivity index (χ1n) is 13.7. The Kier molecular flexibility index (Phi) is 8.95. The molecule has 226 valence electrons. The summed E-state index contributed by atoms with van der Waals surface area (Å²) < 4.78 is 80.0. The van der Waals surface area contributed by atoms with Gasteiger partial charge in [0.05, 0.1) is 11.2 Å². The van der Waals surface area contributed by atoms with Crippen molar-refractivity contribution in [3.05, 3.63) is 106 Å². The van der Waals surface area contributed by atoms with Gasteiger partial charge in [0.1, 0.15) is 11.6 Å². The molecule has 0 atom stereocenters. The Balaban J connectivity index is 1.56. The van der Waals surface area contributed by atoms with Gasteiger partial charge >= 0.3 is 18.5 Å². The van der Waals surface area contributed by atoms with Crippen LogP contribution in [-0.2, 0) is 32.4 Å². The van der Waals surface area contributed by atoms with Gasteiger partial charge in [-0.1, -0.05) is 61.9 Å². The summed E-state index contributed by atoms with van der Waals surface area (Å²) in [7, 11) is 0. The van der Waals surface area contributed by atoms with E-state index in [0.717, 1.165) is 12.0 Å². The van der Waals surface area contributed by atoms with Crippen molar-refractivity contribution in [3.8, 4) is 17.1 Å². The van der Waals surface area contributed by atoms with Gasteiger partial charge in [0.15, 0.2) is 11.3 Å². The van der Waals surface area contributed by atoms with Gasteiger partial charge in [0.2, 0.25) is 0 Å². The Morgan fingerprint density at radius 2 is 1.67 bits per heavy atom. The number of unbranched alkanes of at least 4 members (excludes halogenated alkanes) is 1. The molecule has 12 heteroatoms. The van der Waals surface area contributed by atoms with E-state index in [2.05, 4.69) is 14.7 Å². The Bertz CT molecular complexity index is 1710. The van der Waals surface area contributed by atoms with E-state index in [1.165, 1.54) is 12.1 Å². The molecule has 2 heterocycles. The van der Waals surface area contributed by atoms with Crippen LogP contribution in [0.3, 0.4) is 0 Å². The van der Waals surface area contributed by atoms with Crippen LogP contribution in [0.2, 0.25) is 0 Å². The van der Waals surface area contributed by atoms with E-state index in [4.69, 9.17) is 4.42 Å². The zero-order valence-electron chi connectivity index (χ0n) is 23.2. The number of nitrogens with one attached hydrogen (secondary N) is 1. The average Bonchev–Trinajstić information content (AvgIpc) is 3.52. The normalized spacial score (nSPS) is 12.1. The highest BCUT2D eigenvalue weighted by atomic mass is 19.4. The van der Waals surface area contributed by atoms with Crippen LogP contribution in [0.25, 0.3) is 22.5 Å². The highest BCUT2D eigenvalue weighted by Gasteiger charge is 2.39. The molecule has 5 aromatic rings. The average molecular weight is 601 g/mol. The summed E-state index contributed by atoms with van der Waals surface area (Å²) in [6.07, 6.45) is -3.28. The van der Waals surface area contributed by atoms with Crippen molar-refractivity contribution in [2.24, 2.45) is 0 Å². The summed E-state index contributed by atoms with van der Waals surface area (Å²) in [5, 5.41) is 0. The predicted molar refractivity (Wildman–Crippen MR) is 150 cm³/mol. The molecule has 0 radical (unpaired) electrons. The lowest BCUT2D eigenvalue weighted by Crippen LogP contribution is -2.26. The molecular weight excluding hydrogens is 571 g/mol. The second kappa shape index (κ2) is 12.8. The summed E-state index contributed by atoms with van der Waals surface area (Å²) in [5.74, 6) is -0.399. The second-order valence-electron chi connectivity index (χ2n) is 10.1. The van der Waals surface area contributed by atoms with Crippen LogP contribution in [0.1, 0.15) is 42.3 Å². The molecular formula is C31H29F5N4O3. The third kappa shape index (κ3) is 7.31. The fourth-order valence-corrected chi connectivity index (χ4v) is 5.01. The summed E-state index contributed by atoms with van der Waals surface area (Å²) in [6.45, 7) is -0.397. The Morgan fingerprint density at radius 3 is 2.35 bits per heavy atom. The zero-order chi connectivity index (χ0) is 30.6. The number of nitrogens with zero attached hydrogens (tertiary/aromatic N) is 3. The van der Waals surface area contributed by atoms with E-state index in [-0.39, 0.29) is 36.9 Å². The molecule has 0 saturated heterocycles. The maximum Gasteiger partial charge on any atom is 0.435 e. The molecule has 43 heavy (non-hydrogen) atoms. The number of hydrogen-bond donors (Lipinski definition) is 1. The number of benzene rings is 3. The maximum atomic E-state index is 14.5. The highest BCUT2D eigenvalue weighted by molar-refractivity contribution is 5.72. The molecule has 0 spiro atoms. The molecule has 0 saturated carbocycles. The lowest BCUT2D eigenvalue weighted by atomic mass is 10.1. The van der Waals surface area contributed by atoms with E-state index in [0.29, 0.717) is 35.2 Å². The molecule has 3 aromatic carbocycles. The molecule has 0 bridgehead atoms. The first kappa shape index (κ1) is 30.0. The third-order valence-electron chi connectivity index (χ3n) is 6.93. The van der Waals surface area contributed by atoms with Gasteiger partial charge in [0.25, 0.3) is 0 Å². The molecule has 7 nitrogen and oxygen atoms in total. The molecule has 0 fully saturated rings. The quantitative estimate of drug-likeness (QED) is 0.149. The Morgan fingerprint density at radius 1 is 0.977 bits per heavy atom. The van der Waals surface area contributed by atoms with Gasteiger partial charge in [0, 0.05) is 31.7 Å². The van der Waals surface area contributed by atoms with Crippen molar-refractivity contribution in [2.75, 3.05) is 0 Å². The van der Waals surface area contributed by atoms with Crippen LogP contribution in [0.15, 0.2) is 82.0 Å². The zero-order valence-corrected chi connectivity index (χ0v) is 23.2. The van der Waals surface area contributed by atoms with Crippen LogP contribution in [-0.4, -0.2) is 26.0 Å². The first-order chi connectivity index (χ1) is 20.6. The van der Waals surface area contributed by atoms with E-state index in [9.17, 15) is 26.7 Å². The number of rotatable bonds is 12. The standard InChI is InChI=1S/C31H29F5N4O3/c1-2-3-15-40-25(27(31(34,35)36)38-28(40)22-7-5-4-6-8-22)19-39(17-20-9-12-23(13-10-20)42-29(32)33)18-21-11-14-26-24(16-21)37-30(41)43-26/h4-14,16,29H,2-3,15,17-19H2,1H3,(H,37,41). The van der Waals surface area contributed by atoms with E-state index < -0.39 is 24.2 Å². The number of imidazole rings is 1. The minimum absolute atomic E-state index is 0.0234. The fourth-order valence-electron chi connectivity index (χ4n) is 5.01. The fraction of sp³-hybridized carbons (Fsp3) is 0.290. The highest BCUT2D eigenvalue weighted by Crippen LogP contribution is 2.36. The van der Waals surface area contributed by atoms with Crippen LogP contribution in [0.4, 0.5) is 22.0 Å². The number of halogens is 5. The van der Waals surface area contributed by atoms with Gasteiger partial charge in [-0.25, -0.2) is 9.78 Å². The topological polar surface area (TPSA) is 76.3 Å². The van der Waals surface area contributed by atoms with Crippen molar-refractivity contribution >= 4 is 11.1 Å². The molecule has 0 unspecified atom stereocenters. The van der Waals surface area contributed by atoms with E-state index in [1.807, 2.05) is 11.8 Å². The predicted octanol–water partition coefficient (Wildman–Crippen LogP) is 7.61. The van der Waals surface area contributed by atoms with Crippen LogP contribution in [0.5, 0.6) is 5.75 Å². The van der Waals surface area contributed by atoms with E-state index in [1.54, 1.807) is 65.2 Å². The SMILES string of the molecule is CCCCn1c(-c2ccccc2)nc(C(F)(F)F)c1CN(Cc1ccc(OC(F)F)cc1)Cc1ccc2oc(=O)[nH]c2c1. The third-order valence-corrected chi connectivity index (χ3v) is 6.93. The molecule has 2 aromatic heterocycles. The number of ether oxygens (including phenoxy) is 1. The molecule has 0 aliphatic carbocycles. The minimum Gasteiger partial charge on any atom is -0.435 e. The lowest BCUT2D eigenvalue weighted by Gasteiger charge is -2.25. The number of aromatic nitrogens is 3. The van der Waals surface area contributed by atoms with Crippen molar-refractivity contribution in [1.29, 1.82) is 0 Å². The largest absolute Gasteiger partial charge is 0.435 e. The van der Waals surface area contributed by atoms with Crippen LogP contribution >= 0.6 is 0 Å². The number of aromatic amines is 1. The van der Waals surface area contributed by atoms with Gasteiger partial charge in [-0.3, -0.25) is 9.88 Å². The number of fused-ring (bicyclic) bond motifs is 1. The number of oxazole rings is 1. The van der Waals surface area contributed by atoms with Crippen molar-refractivity contribution in [3.63, 3.8) is 0 Å². The van der Waals surface area contributed by atoms with Gasteiger partial charge in [-0.15, -0.1) is 0 Å². The molecule has 5 rings (SSSR count). The Hall–Kier alpha value is -4.45. The summed E-state index contributed by atoms with van der Waals surface area (Å²) in [6, 6.07) is 19.8. The van der Waals surface area contributed by atoms with Crippen LogP contribution in [0, 0.1) is 0 Å². The van der Waals surface area contributed by atoms with Crippen molar-refractivity contribution in [1.82, 2.24) is 19.4 Å². The summed E-state index contributed by atoms with van der Waals surface area (Å²) in [4.78, 5) is 20.2. The van der Waals surface area contributed by atoms with Crippen LogP contribution < -0.4 is 10.5 Å². The van der Waals surface area contributed by atoms with Crippen molar-refractivity contribution in [2.45, 2.75) is 58.7 Å². The molecule has 1 N–H and O–H groups in total. The maximum absolute atomic E-state index is 14.5.